The number of hydrogen-bond donors (Lipinski definition) is 0. The number of para-hydroxylation sites is 1. The molecule has 6 rings (SSSR count). The van der Waals surface area contributed by atoms with Crippen molar-refractivity contribution in [2.75, 3.05) is 0 Å². The van der Waals surface area contributed by atoms with E-state index in [1.807, 2.05) is 0 Å². The van der Waals surface area contributed by atoms with Gasteiger partial charge in [0.1, 0.15) is 11.2 Å². The van der Waals surface area contributed by atoms with Crippen molar-refractivity contribution in [3.05, 3.63) is 71.7 Å². The van der Waals surface area contributed by atoms with E-state index in [2.05, 4.69) is 71.5 Å². The number of hydrogen-bond acceptors (Lipinski definition) is 0. The van der Waals surface area contributed by atoms with E-state index in [0.717, 1.165) is 5.69 Å². The molecule has 1 aliphatic heterocycles. The standard InChI is InChI=1S/C30H37N2/c1-22-13-9-12-20-28(22)31-21-32-29(23(31)2)26-18-10-11-19-27(26)30(32,24-14-5-3-6-15-24)25-16-7-4-8-17-25/h9-13,18-21,24-25H,3-8,14-17H2,1-2H3/q+1/i21D. The van der Waals surface area contributed by atoms with Crippen LogP contribution in [0.5, 0.6) is 0 Å². The summed E-state index contributed by atoms with van der Waals surface area (Å²) in [4.78, 5) is 0. The number of imidazole rings is 1. The number of aryl methyl sites for hydroxylation is 1. The topological polar surface area (TPSA) is 8.81 Å². The van der Waals surface area contributed by atoms with Crippen molar-refractivity contribution in [2.24, 2.45) is 11.8 Å². The average molecular weight is 427 g/mol. The predicted molar refractivity (Wildman–Crippen MR) is 131 cm³/mol. The maximum atomic E-state index is 9.68. The van der Waals surface area contributed by atoms with Gasteiger partial charge in [-0.1, -0.05) is 81.0 Å². The zero-order valence-corrected chi connectivity index (χ0v) is 19.7. The van der Waals surface area contributed by atoms with Crippen LogP contribution in [0.15, 0.2) is 54.8 Å². The second-order valence-electron chi connectivity index (χ2n) is 10.5. The summed E-state index contributed by atoms with van der Waals surface area (Å²) in [5, 5.41) is 0. The van der Waals surface area contributed by atoms with Crippen LogP contribution in [0.25, 0.3) is 16.9 Å². The molecule has 0 bridgehead atoms. The van der Waals surface area contributed by atoms with Crippen LogP contribution in [-0.2, 0) is 5.54 Å². The fraction of sp³-hybridized carbons (Fsp3) is 0.500. The molecule has 2 heterocycles. The predicted octanol–water partition coefficient (Wildman–Crippen LogP) is 7.27. The Balaban J connectivity index is 1.68. The summed E-state index contributed by atoms with van der Waals surface area (Å²) >= 11 is 0. The number of rotatable bonds is 3. The third-order valence-electron chi connectivity index (χ3n) is 8.90. The van der Waals surface area contributed by atoms with Gasteiger partial charge in [-0.3, -0.25) is 0 Å². The Hall–Kier alpha value is -2.35. The fourth-order valence-corrected chi connectivity index (χ4v) is 7.51. The summed E-state index contributed by atoms with van der Waals surface area (Å²) in [5.41, 5.74) is 7.74. The van der Waals surface area contributed by atoms with Gasteiger partial charge in [0.25, 0.3) is 0 Å². The molecular weight excluding hydrogens is 388 g/mol. The largest absolute Gasteiger partial charge is 0.250 e. The van der Waals surface area contributed by atoms with Gasteiger partial charge in [0.2, 0.25) is 6.30 Å². The monoisotopic (exact) mass is 426 g/mol. The van der Waals surface area contributed by atoms with Crippen molar-refractivity contribution in [2.45, 2.75) is 83.6 Å². The van der Waals surface area contributed by atoms with Gasteiger partial charge in [-0.05, 0) is 44.2 Å². The number of benzene rings is 2. The molecule has 0 spiro atoms. The van der Waals surface area contributed by atoms with Crippen molar-refractivity contribution < 1.29 is 5.94 Å². The summed E-state index contributed by atoms with van der Waals surface area (Å²) in [6.07, 6.45) is 13.9. The molecule has 2 heteroatoms. The van der Waals surface area contributed by atoms with Gasteiger partial charge >= 0.3 is 0 Å². The van der Waals surface area contributed by atoms with E-state index in [1.54, 1.807) is 0 Å². The fourth-order valence-electron chi connectivity index (χ4n) is 7.51. The van der Waals surface area contributed by atoms with Crippen LogP contribution >= 0.6 is 0 Å². The Labute approximate surface area is 194 Å². The lowest BCUT2D eigenvalue weighted by Gasteiger charge is -2.45. The first-order valence-electron chi connectivity index (χ1n) is 13.5. The third-order valence-corrected chi connectivity index (χ3v) is 8.90. The first-order chi connectivity index (χ1) is 16.2. The van der Waals surface area contributed by atoms with Gasteiger partial charge in [-0.15, -0.1) is 0 Å². The maximum absolute atomic E-state index is 9.68. The Bertz CT molecular complexity index is 1160. The minimum absolute atomic E-state index is 0.0669. The Morgan fingerprint density at radius 2 is 1.41 bits per heavy atom. The minimum atomic E-state index is -0.0669. The molecule has 0 N–H and O–H groups in total. The number of aromatic nitrogens is 2. The highest BCUT2D eigenvalue weighted by Gasteiger charge is 2.58. The molecule has 2 saturated carbocycles. The van der Waals surface area contributed by atoms with Gasteiger partial charge in [-0.25, -0.2) is 4.57 Å². The van der Waals surface area contributed by atoms with E-state index in [0.29, 0.717) is 18.1 Å². The molecule has 2 aliphatic carbocycles. The highest BCUT2D eigenvalue weighted by Crippen LogP contribution is 2.58. The molecule has 166 valence electrons. The van der Waals surface area contributed by atoms with E-state index in [1.165, 1.54) is 92.3 Å². The third kappa shape index (κ3) is 2.81. The minimum Gasteiger partial charge on any atom is -0.219 e. The van der Waals surface area contributed by atoms with Crippen molar-refractivity contribution in [3.63, 3.8) is 0 Å². The lowest BCUT2D eigenvalue weighted by Crippen LogP contribution is -2.49. The average Bonchev–Trinajstić information content (AvgIpc) is 3.31. The van der Waals surface area contributed by atoms with Crippen LogP contribution in [-0.4, -0.2) is 4.57 Å². The Morgan fingerprint density at radius 1 is 0.812 bits per heavy atom. The van der Waals surface area contributed by atoms with Gasteiger partial charge in [0.05, 0.1) is 0 Å². The number of fused-ring (bicyclic) bond motifs is 3. The highest BCUT2D eigenvalue weighted by molar-refractivity contribution is 5.73. The zero-order chi connectivity index (χ0) is 22.6. The summed E-state index contributed by atoms with van der Waals surface area (Å²) in [6, 6.07) is 17.8. The molecule has 0 unspecified atom stereocenters. The van der Waals surface area contributed by atoms with Crippen molar-refractivity contribution in [1.82, 2.24) is 4.57 Å². The molecule has 0 amide bonds. The highest BCUT2D eigenvalue weighted by atomic mass is 15.2. The van der Waals surface area contributed by atoms with Gasteiger partial charge < -0.3 is 0 Å². The number of nitrogens with zero attached hydrogens (tertiary/aromatic N) is 2. The lowest BCUT2D eigenvalue weighted by atomic mass is 9.61. The van der Waals surface area contributed by atoms with Crippen LogP contribution in [0.4, 0.5) is 0 Å². The van der Waals surface area contributed by atoms with E-state index in [-0.39, 0.29) is 5.54 Å². The van der Waals surface area contributed by atoms with Crippen molar-refractivity contribution in [1.29, 1.82) is 0 Å². The lowest BCUT2D eigenvalue weighted by molar-refractivity contribution is -0.602. The quantitative estimate of drug-likeness (QED) is 0.390. The Kier molecular flexibility index (Phi) is 4.73. The molecule has 2 nitrogen and oxygen atoms in total. The van der Waals surface area contributed by atoms with E-state index >= 15 is 0 Å². The Morgan fingerprint density at radius 3 is 2.06 bits per heavy atom. The van der Waals surface area contributed by atoms with E-state index < -0.39 is 0 Å². The van der Waals surface area contributed by atoms with Crippen LogP contribution in [0.1, 0.15) is 82.4 Å². The second kappa shape index (κ2) is 7.90. The first kappa shape index (κ1) is 19.1. The first-order valence-corrected chi connectivity index (χ1v) is 13.0. The van der Waals surface area contributed by atoms with Gasteiger partial charge in [0.15, 0.2) is 12.8 Å². The summed E-state index contributed by atoms with van der Waals surface area (Å²) in [7, 11) is 0. The van der Waals surface area contributed by atoms with Crippen molar-refractivity contribution in [3.8, 4) is 16.9 Å². The smallest absolute Gasteiger partial charge is 0.219 e. The van der Waals surface area contributed by atoms with E-state index in [4.69, 9.17) is 0 Å². The summed E-state index contributed by atoms with van der Waals surface area (Å²) in [6.45, 7) is 4.42. The molecule has 32 heavy (non-hydrogen) atoms. The van der Waals surface area contributed by atoms with Crippen LogP contribution < -0.4 is 4.57 Å². The molecule has 2 fully saturated rings. The molecule has 2 aromatic carbocycles. The van der Waals surface area contributed by atoms with E-state index in [9.17, 15) is 1.37 Å². The molecule has 3 aliphatic rings. The zero-order valence-electron chi connectivity index (χ0n) is 20.7. The molecule has 0 saturated heterocycles. The second-order valence-corrected chi connectivity index (χ2v) is 10.5. The summed E-state index contributed by atoms with van der Waals surface area (Å²) in [5.74, 6) is 1.25. The molecule has 0 atom stereocenters. The molecule has 0 radical (unpaired) electrons. The van der Waals surface area contributed by atoms with Crippen LogP contribution in [0.2, 0.25) is 0 Å². The van der Waals surface area contributed by atoms with Gasteiger partial charge in [0, 0.05) is 29.9 Å². The normalized spacial score (nSPS) is 21.2. The van der Waals surface area contributed by atoms with Crippen LogP contribution in [0, 0.1) is 25.7 Å². The van der Waals surface area contributed by atoms with Gasteiger partial charge in [-0.2, -0.15) is 4.57 Å². The molecular formula is C30H37N2+. The summed E-state index contributed by atoms with van der Waals surface area (Å²) < 4.78 is 14.5. The molecule has 1 aromatic heterocycles. The SMILES string of the molecule is [2H]c1n2c(c(C)[n+]1-c1ccccc1C)-c1ccccc1C2(C1CCCCC1)C1CCCCC1. The maximum Gasteiger partial charge on any atom is 0.250 e. The molecule has 3 aromatic rings. The van der Waals surface area contributed by atoms with Crippen LogP contribution in [0.3, 0.4) is 0 Å². The van der Waals surface area contributed by atoms with Crippen molar-refractivity contribution >= 4 is 0 Å².